The summed E-state index contributed by atoms with van der Waals surface area (Å²) in [6.07, 6.45) is 4.83. The number of rotatable bonds is 10. The van der Waals surface area contributed by atoms with Gasteiger partial charge in [-0.2, -0.15) is 0 Å². The molecule has 23 nitrogen and oxygen atoms in total. The first-order valence-corrected chi connectivity index (χ1v) is 32.2. The molecule has 7 amide bonds. The number of methoxy groups -OCH3 is 2. The summed E-state index contributed by atoms with van der Waals surface area (Å²) in [5.41, 5.74) is -0.543. The number of likely N-dealkylation sites (N-methyl/N-ethyl adjacent to an activating group) is 3. The van der Waals surface area contributed by atoms with Gasteiger partial charge in [0.15, 0.2) is 11.5 Å². The van der Waals surface area contributed by atoms with Crippen LogP contribution in [-0.4, -0.2) is 181 Å². The summed E-state index contributed by atoms with van der Waals surface area (Å²) >= 11 is 0. The van der Waals surface area contributed by atoms with E-state index in [1.807, 2.05) is 19.9 Å². The molecule has 1 unspecified atom stereocenters. The lowest BCUT2D eigenvalue weighted by Crippen LogP contribution is -2.58. The number of ether oxygens (including phenoxy) is 5. The van der Waals surface area contributed by atoms with E-state index < -0.39 is 126 Å². The number of carbonyl (C=O) groups is 11. The Kier molecular flexibility index (Phi) is 26.7. The van der Waals surface area contributed by atoms with Crippen LogP contribution in [0.4, 0.5) is 5.69 Å². The predicted octanol–water partition coefficient (Wildman–Crippen LogP) is 7.64. The molecule has 2 fully saturated rings. The van der Waals surface area contributed by atoms with Crippen molar-refractivity contribution in [2.24, 2.45) is 11.3 Å². The highest BCUT2D eigenvalue weighted by molar-refractivity contribution is 6.38. The van der Waals surface area contributed by atoms with Gasteiger partial charge < -0.3 is 58.8 Å². The fourth-order valence-electron chi connectivity index (χ4n) is 11.7. The molecule has 506 valence electrons. The molecule has 0 aromatic heterocycles. The summed E-state index contributed by atoms with van der Waals surface area (Å²) in [4.78, 5) is 163. The number of hydrogen-bond donors (Lipinski definition) is 2. The third-order valence-electron chi connectivity index (χ3n) is 16.9. The molecule has 3 aromatic rings. The number of aryl methyl sites for hydroxylation is 1. The summed E-state index contributed by atoms with van der Waals surface area (Å²) in [7, 11) is 7.55. The van der Waals surface area contributed by atoms with Crippen LogP contribution in [0.25, 0.3) is 0 Å². The molecule has 0 spiro atoms. The lowest BCUT2D eigenvalue weighted by atomic mass is 9.87. The zero-order valence-electron chi connectivity index (χ0n) is 56.1. The molecule has 3 heterocycles. The van der Waals surface area contributed by atoms with Crippen LogP contribution in [-0.2, 0) is 73.4 Å². The van der Waals surface area contributed by atoms with Crippen LogP contribution < -0.4 is 20.1 Å². The largest absolute Gasteiger partial charge is 0.493 e. The van der Waals surface area contributed by atoms with Crippen molar-refractivity contribution in [1.29, 1.82) is 0 Å². The molecule has 2 saturated heterocycles. The number of amides is 7. The Labute approximate surface area is 546 Å². The topological polar surface area (TPSA) is 274 Å². The summed E-state index contributed by atoms with van der Waals surface area (Å²) < 4.78 is 28.5. The maximum absolute atomic E-state index is 15.1. The second kappa shape index (κ2) is 33.8. The number of ketones is 1. The number of esters is 3. The average molecular weight is 1290 g/mol. The Balaban J connectivity index is 1.33. The molecular formula is C70H95N7O16. The van der Waals surface area contributed by atoms with Gasteiger partial charge in [0.05, 0.1) is 26.1 Å². The highest BCUT2D eigenvalue weighted by Gasteiger charge is 2.46. The van der Waals surface area contributed by atoms with Crippen molar-refractivity contribution >= 4 is 70.7 Å². The van der Waals surface area contributed by atoms with E-state index >= 15 is 9.59 Å². The van der Waals surface area contributed by atoms with E-state index in [4.69, 9.17) is 23.7 Å². The molecule has 0 aliphatic carbocycles. The van der Waals surface area contributed by atoms with Gasteiger partial charge in [-0.05, 0) is 152 Å². The van der Waals surface area contributed by atoms with Crippen molar-refractivity contribution in [1.82, 2.24) is 29.8 Å². The number of cyclic esters (lactones) is 2. The van der Waals surface area contributed by atoms with E-state index in [0.29, 0.717) is 86.2 Å². The fourth-order valence-corrected chi connectivity index (χ4v) is 11.7. The monoisotopic (exact) mass is 1290 g/mol. The minimum Gasteiger partial charge on any atom is -0.493 e. The quantitative estimate of drug-likeness (QED) is 0.112. The minimum atomic E-state index is -1.53. The number of hydrogen-bond acceptors (Lipinski definition) is 16. The number of nitrogens with one attached hydrogen (secondary N) is 2. The number of Topliss-reactive ketones (excluding diaryl/α,β-unsaturated/α-hetero) is 1. The first kappa shape index (κ1) is 73.4. The van der Waals surface area contributed by atoms with Crippen LogP contribution in [0.5, 0.6) is 11.5 Å². The first-order valence-electron chi connectivity index (χ1n) is 32.2. The minimum absolute atomic E-state index is 0.0291. The molecule has 3 aliphatic heterocycles. The van der Waals surface area contributed by atoms with Crippen LogP contribution in [0.15, 0.2) is 84.9 Å². The Morgan fingerprint density at radius 2 is 1.34 bits per heavy atom. The van der Waals surface area contributed by atoms with Gasteiger partial charge in [-0.3, -0.25) is 43.2 Å². The first-order chi connectivity index (χ1) is 44.0. The Hall–Kier alpha value is -8.63. The molecule has 2 bridgehead atoms. The Bertz CT molecular complexity index is 3200. The van der Waals surface area contributed by atoms with Crippen molar-refractivity contribution in [2.45, 2.75) is 180 Å². The lowest BCUT2D eigenvalue weighted by molar-refractivity contribution is -0.165. The molecule has 3 aromatic carbocycles. The van der Waals surface area contributed by atoms with Crippen molar-refractivity contribution in [3.05, 3.63) is 102 Å². The highest BCUT2D eigenvalue weighted by atomic mass is 16.6. The Morgan fingerprint density at radius 3 is 2.03 bits per heavy atom. The second-order valence-electron chi connectivity index (χ2n) is 26.3. The summed E-state index contributed by atoms with van der Waals surface area (Å²) in [6, 6.07) is 14.2. The van der Waals surface area contributed by atoms with E-state index in [2.05, 4.69) is 10.6 Å². The summed E-state index contributed by atoms with van der Waals surface area (Å²) in [6.45, 7) is 11.9. The third kappa shape index (κ3) is 20.7. The van der Waals surface area contributed by atoms with Gasteiger partial charge in [-0.15, -0.1) is 0 Å². The third-order valence-corrected chi connectivity index (χ3v) is 16.9. The van der Waals surface area contributed by atoms with E-state index in [1.54, 1.807) is 106 Å². The van der Waals surface area contributed by atoms with Gasteiger partial charge in [0.2, 0.25) is 41.2 Å². The van der Waals surface area contributed by atoms with Gasteiger partial charge in [-0.25, -0.2) is 9.59 Å². The van der Waals surface area contributed by atoms with Gasteiger partial charge in [0.1, 0.15) is 48.5 Å². The zero-order valence-corrected chi connectivity index (χ0v) is 56.1. The smallest absolute Gasteiger partial charge is 0.330 e. The van der Waals surface area contributed by atoms with E-state index in [0.717, 1.165) is 10.5 Å². The number of nitrogens with zero attached hydrogens (tertiary/aromatic N) is 5. The average Bonchev–Trinajstić information content (AvgIpc) is 1.96. The summed E-state index contributed by atoms with van der Waals surface area (Å²) in [5, 5.41) is 5.59. The molecule has 93 heavy (non-hydrogen) atoms. The van der Waals surface area contributed by atoms with Crippen LogP contribution in [0.3, 0.4) is 0 Å². The Morgan fingerprint density at radius 1 is 0.688 bits per heavy atom. The molecular weight excluding hydrogens is 1190 g/mol. The highest BCUT2D eigenvalue weighted by Crippen LogP contribution is 2.34. The number of anilines is 1. The molecule has 6 atom stereocenters. The van der Waals surface area contributed by atoms with E-state index in [-0.39, 0.29) is 50.6 Å². The van der Waals surface area contributed by atoms with E-state index in [1.165, 1.54) is 62.9 Å². The van der Waals surface area contributed by atoms with Crippen LogP contribution >= 0.6 is 0 Å². The van der Waals surface area contributed by atoms with Crippen LogP contribution in [0.2, 0.25) is 0 Å². The van der Waals surface area contributed by atoms with Gasteiger partial charge >= 0.3 is 17.9 Å². The molecule has 3 aliphatic rings. The lowest BCUT2D eigenvalue weighted by Gasteiger charge is -2.37. The van der Waals surface area contributed by atoms with Crippen LogP contribution in [0, 0.1) is 11.3 Å². The maximum Gasteiger partial charge on any atom is 0.330 e. The van der Waals surface area contributed by atoms with Crippen LogP contribution in [0.1, 0.15) is 161 Å². The van der Waals surface area contributed by atoms with Gasteiger partial charge in [0, 0.05) is 65.4 Å². The second-order valence-corrected chi connectivity index (χ2v) is 26.3. The number of carbonyl (C=O) groups excluding carboxylic acids is 11. The normalized spacial score (nSPS) is 23.0. The SMILES string of the molecule is COc1ccc(CC[C@H]2OC(=O)[C@@H]3CCCCN3C(=O)C(=O)C(C)(C)COC(=O)C=CCCCCN(C)C(=O)[C@H](CC(C)C)N(C)C(=O)[C@H]3CCCN3C(=O)[C@H](CC(=O)OC(C)(C)C)N(C)C(=O)C(c3ccccc3)NC(=O)CCC(=O)Nc3cccc2c3)cc1OC. The number of piperidine rings is 1. The molecule has 6 rings (SSSR count). The number of benzene rings is 3. The zero-order chi connectivity index (χ0) is 68.3. The van der Waals surface area contributed by atoms with Crippen molar-refractivity contribution in [2.75, 3.05) is 66.9 Å². The standard InChI is InChI=1S/C70H95N7O16/c1-45(2)40-52-63(83)73(8)37-20-14-13-18-30-59(80)91-44-70(6,7)62(82)67(87)77-38-21-19-28-51(77)68(88)92-54(33-31-46-32-34-55(89-11)56(41-46)90-12)48-26-22-27-49(42-48)71-57(78)35-36-58(79)72-61(47-24-16-15-17-25-47)66(86)75(10)53(43-60(81)93-69(3,4)5)65(85)76-39-23-29-50(76)64(84)74(52)9/h15-18,22,24-27,30,32,34,41-42,45,50-54,61H,13-14,19-21,23,28-29,31,33,35-40,43-44H2,1-12H3,(H,71,78)(H,72,79)/t50-,51+,52+,53+,54-,61?/m1/s1. The molecule has 0 saturated carbocycles. The van der Waals surface area contributed by atoms with Gasteiger partial charge in [-0.1, -0.05) is 68.5 Å². The molecule has 23 heteroatoms. The van der Waals surface area contributed by atoms with Crippen molar-refractivity contribution in [3.8, 4) is 11.5 Å². The van der Waals surface area contributed by atoms with E-state index in [9.17, 15) is 43.2 Å². The number of fused-ring (bicyclic) bond motifs is 4. The molecule has 0 radical (unpaired) electrons. The predicted molar refractivity (Wildman–Crippen MR) is 346 cm³/mol. The molecule has 2 N–H and O–H groups in total. The van der Waals surface area contributed by atoms with Gasteiger partial charge in [0.25, 0.3) is 5.91 Å². The fraction of sp³-hybridized carbons (Fsp3) is 0.557. The maximum atomic E-state index is 15.1. The number of allylic oxidation sites excluding steroid dienone is 1. The van der Waals surface area contributed by atoms with Crippen molar-refractivity contribution < 1.29 is 76.4 Å². The summed E-state index contributed by atoms with van der Waals surface area (Å²) in [5.74, 6) is -6.69. The van der Waals surface area contributed by atoms with Crippen molar-refractivity contribution in [3.63, 3.8) is 0 Å².